The number of guanidine groups is 1. The number of aliphatic imine (C=N–C) groups is 1. The van der Waals surface area contributed by atoms with Crippen molar-refractivity contribution < 1.29 is 0 Å². The summed E-state index contributed by atoms with van der Waals surface area (Å²) in [6.07, 6.45) is 2.77. The summed E-state index contributed by atoms with van der Waals surface area (Å²) in [5, 5.41) is 6.43. The second kappa shape index (κ2) is 4.21. The molecule has 1 fully saturated rings. The van der Waals surface area contributed by atoms with Gasteiger partial charge in [-0.25, -0.2) is 0 Å². The van der Waals surface area contributed by atoms with Gasteiger partial charge in [-0.3, -0.25) is 4.99 Å². The van der Waals surface area contributed by atoms with Crippen LogP contribution in [0, 0.1) is 5.92 Å². The molecule has 0 saturated heterocycles. The summed E-state index contributed by atoms with van der Waals surface area (Å²) in [6, 6.07) is 0. The van der Waals surface area contributed by atoms with Crippen molar-refractivity contribution in [1.29, 1.82) is 0 Å². The molecule has 0 spiro atoms. The van der Waals surface area contributed by atoms with E-state index < -0.39 is 0 Å². The van der Waals surface area contributed by atoms with Gasteiger partial charge < -0.3 is 10.6 Å². The van der Waals surface area contributed by atoms with E-state index in [9.17, 15) is 0 Å². The third kappa shape index (κ3) is 3.25. The van der Waals surface area contributed by atoms with Crippen LogP contribution in [0.2, 0.25) is 0 Å². The molecule has 1 rings (SSSR count). The lowest BCUT2D eigenvalue weighted by atomic mass is 10.4. The van der Waals surface area contributed by atoms with Gasteiger partial charge in [0.25, 0.3) is 0 Å². The van der Waals surface area contributed by atoms with Gasteiger partial charge in [-0.1, -0.05) is 0 Å². The number of nitrogens with one attached hydrogen (secondary N) is 2. The van der Waals surface area contributed by atoms with E-state index in [2.05, 4.69) is 22.5 Å². The maximum absolute atomic E-state index is 4.07. The minimum absolute atomic E-state index is 0.908. The molecule has 0 heterocycles. The Kier molecular flexibility index (Phi) is 3.20. The Hall–Kier alpha value is -0.730. The first-order valence-corrected chi connectivity index (χ1v) is 4.31. The second-order valence-electron chi connectivity index (χ2n) is 2.93. The molecule has 0 atom stereocenters. The summed E-state index contributed by atoms with van der Waals surface area (Å²) in [5.74, 6) is 1.84. The van der Waals surface area contributed by atoms with Crippen LogP contribution in [0.15, 0.2) is 4.99 Å². The fourth-order valence-electron chi connectivity index (χ4n) is 0.951. The van der Waals surface area contributed by atoms with E-state index in [1.54, 1.807) is 7.05 Å². The largest absolute Gasteiger partial charge is 0.357 e. The lowest BCUT2D eigenvalue weighted by Gasteiger charge is -2.08. The SMILES string of the molecule is CCNC(=NC)NCC1CC1. The fraction of sp³-hybridized carbons (Fsp3) is 0.875. The van der Waals surface area contributed by atoms with Crippen molar-refractivity contribution in [2.45, 2.75) is 19.8 Å². The summed E-state index contributed by atoms with van der Waals surface area (Å²) in [6.45, 7) is 4.09. The van der Waals surface area contributed by atoms with Gasteiger partial charge in [0.2, 0.25) is 0 Å². The molecule has 3 nitrogen and oxygen atoms in total. The van der Waals surface area contributed by atoms with Crippen molar-refractivity contribution in [1.82, 2.24) is 10.6 Å². The van der Waals surface area contributed by atoms with Crippen molar-refractivity contribution in [2.75, 3.05) is 20.1 Å². The van der Waals surface area contributed by atoms with Gasteiger partial charge in [0.1, 0.15) is 0 Å². The van der Waals surface area contributed by atoms with Gasteiger partial charge >= 0.3 is 0 Å². The quantitative estimate of drug-likeness (QED) is 0.462. The first kappa shape index (κ1) is 8.37. The smallest absolute Gasteiger partial charge is 0.190 e. The molecule has 11 heavy (non-hydrogen) atoms. The predicted molar refractivity (Wildman–Crippen MR) is 47.8 cm³/mol. The van der Waals surface area contributed by atoms with E-state index in [0.29, 0.717) is 0 Å². The highest BCUT2D eigenvalue weighted by atomic mass is 15.2. The van der Waals surface area contributed by atoms with Crippen LogP contribution in [0.5, 0.6) is 0 Å². The van der Waals surface area contributed by atoms with Gasteiger partial charge in [0, 0.05) is 20.1 Å². The Bertz CT molecular complexity index is 138. The second-order valence-corrected chi connectivity index (χ2v) is 2.93. The molecule has 0 aliphatic heterocycles. The zero-order valence-corrected chi connectivity index (χ0v) is 7.35. The number of hydrogen-bond acceptors (Lipinski definition) is 1. The van der Waals surface area contributed by atoms with Crippen molar-refractivity contribution in [3.8, 4) is 0 Å². The molecular formula is C8H17N3. The van der Waals surface area contributed by atoms with Gasteiger partial charge in [0.15, 0.2) is 5.96 Å². The van der Waals surface area contributed by atoms with Crippen LogP contribution in [0.1, 0.15) is 19.8 Å². The van der Waals surface area contributed by atoms with Crippen LogP contribution in [0.25, 0.3) is 0 Å². The molecular weight excluding hydrogens is 138 g/mol. The minimum Gasteiger partial charge on any atom is -0.357 e. The normalized spacial score (nSPS) is 18.2. The van der Waals surface area contributed by atoms with Crippen LogP contribution >= 0.6 is 0 Å². The van der Waals surface area contributed by atoms with Crippen LogP contribution in [0.4, 0.5) is 0 Å². The summed E-state index contributed by atoms with van der Waals surface area (Å²) in [4.78, 5) is 4.07. The monoisotopic (exact) mass is 155 g/mol. The predicted octanol–water partition coefficient (Wildman–Crippen LogP) is 0.581. The first-order valence-electron chi connectivity index (χ1n) is 4.31. The van der Waals surface area contributed by atoms with E-state index in [1.807, 2.05) is 0 Å². The highest BCUT2D eigenvalue weighted by molar-refractivity contribution is 5.79. The maximum atomic E-state index is 4.07. The molecule has 64 valence electrons. The highest BCUT2D eigenvalue weighted by Gasteiger charge is 2.20. The molecule has 1 aliphatic carbocycles. The van der Waals surface area contributed by atoms with Crippen molar-refractivity contribution >= 4 is 5.96 Å². The van der Waals surface area contributed by atoms with Crippen molar-refractivity contribution in [3.63, 3.8) is 0 Å². The van der Waals surface area contributed by atoms with Gasteiger partial charge in [0.05, 0.1) is 0 Å². The first-order chi connectivity index (χ1) is 5.36. The number of rotatable bonds is 3. The molecule has 2 N–H and O–H groups in total. The van der Waals surface area contributed by atoms with E-state index in [1.165, 1.54) is 12.8 Å². The van der Waals surface area contributed by atoms with E-state index in [4.69, 9.17) is 0 Å². The van der Waals surface area contributed by atoms with Gasteiger partial charge in [-0.15, -0.1) is 0 Å². The van der Waals surface area contributed by atoms with Crippen LogP contribution in [-0.2, 0) is 0 Å². The molecule has 1 saturated carbocycles. The molecule has 1 aliphatic rings. The maximum Gasteiger partial charge on any atom is 0.190 e. The third-order valence-corrected chi connectivity index (χ3v) is 1.82. The Balaban J connectivity index is 2.09. The number of hydrogen-bond donors (Lipinski definition) is 2. The van der Waals surface area contributed by atoms with Crippen LogP contribution < -0.4 is 10.6 Å². The molecule has 0 aromatic carbocycles. The minimum atomic E-state index is 0.908. The lowest BCUT2D eigenvalue weighted by molar-refractivity contribution is 0.744. The summed E-state index contributed by atoms with van der Waals surface area (Å²) in [7, 11) is 1.80. The van der Waals surface area contributed by atoms with Crippen LogP contribution in [-0.4, -0.2) is 26.1 Å². The van der Waals surface area contributed by atoms with Crippen molar-refractivity contribution in [3.05, 3.63) is 0 Å². The number of nitrogens with zero attached hydrogens (tertiary/aromatic N) is 1. The fourth-order valence-corrected chi connectivity index (χ4v) is 0.951. The van der Waals surface area contributed by atoms with E-state index in [-0.39, 0.29) is 0 Å². The van der Waals surface area contributed by atoms with Gasteiger partial charge in [-0.05, 0) is 25.7 Å². The molecule has 0 unspecified atom stereocenters. The van der Waals surface area contributed by atoms with Crippen LogP contribution in [0.3, 0.4) is 0 Å². The molecule has 0 aromatic rings. The third-order valence-electron chi connectivity index (χ3n) is 1.82. The Morgan fingerprint density at radius 3 is 2.64 bits per heavy atom. The topological polar surface area (TPSA) is 36.4 Å². The Morgan fingerprint density at radius 2 is 2.18 bits per heavy atom. The summed E-state index contributed by atoms with van der Waals surface area (Å²) < 4.78 is 0. The van der Waals surface area contributed by atoms with E-state index >= 15 is 0 Å². The summed E-state index contributed by atoms with van der Waals surface area (Å²) >= 11 is 0. The molecule has 0 bridgehead atoms. The summed E-state index contributed by atoms with van der Waals surface area (Å²) in [5.41, 5.74) is 0. The van der Waals surface area contributed by atoms with E-state index in [0.717, 1.165) is 25.0 Å². The zero-order chi connectivity index (χ0) is 8.10. The molecule has 0 aromatic heterocycles. The average Bonchev–Trinajstić information content (AvgIpc) is 2.81. The molecule has 3 heteroatoms. The van der Waals surface area contributed by atoms with Crippen molar-refractivity contribution in [2.24, 2.45) is 10.9 Å². The Morgan fingerprint density at radius 1 is 1.45 bits per heavy atom. The lowest BCUT2D eigenvalue weighted by Crippen LogP contribution is -2.38. The molecule has 0 amide bonds. The average molecular weight is 155 g/mol. The Labute approximate surface area is 68.3 Å². The highest BCUT2D eigenvalue weighted by Crippen LogP contribution is 2.27. The molecule has 0 radical (unpaired) electrons. The zero-order valence-electron chi connectivity index (χ0n) is 7.35. The van der Waals surface area contributed by atoms with Gasteiger partial charge in [-0.2, -0.15) is 0 Å². The standard InChI is InChI=1S/C8H17N3/c1-3-10-8(9-2)11-6-7-4-5-7/h7H,3-6H2,1-2H3,(H2,9,10,11).